The summed E-state index contributed by atoms with van der Waals surface area (Å²) in [5.41, 5.74) is 0.379. The van der Waals surface area contributed by atoms with Crippen LogP contribution in [-0.4, -0.2) is 24.5 Å². The molecule has 18 heavy (non-hydrogen) atoms. The summed E-state index contributed by atoms with van der Waals surface area (Å²) in [7, 11) is 0. The Balaban J connectivity index is 2.32. The number of anilines is 1. The Kier molecular flexibility index (Phi) is 3.90. The number of rotatable bonds is 3. The Morgan fingerprint density at radius 2 is 1.89 bits per heavy atom. The van der Waals surface area contributed by atoms with Gasteiger partial charge in [-0.15, -0.1) is 0 Å². The van der Waals surface area contributed by atoms with E-state index < -0.39 is 6.10 Å². The molecule has 0 spiro atoms. The van der Waals surface area contributed by atoms with Crippen LogP contribution in [0.2, 0.25) is 10.0 Å². The Hall–Kier alpha value is -1.10. The van der Waals surface area contributed by atoms with Gasteiger partial charge in [-0.1, -0.05) is 23.2 Å². The molecule has 1 unspecified atom stereocenters. The van der Waals surface area contributed by atoms with Crippen LogP contribution in [0.5, 0.6) is 0 Å². The SMILES string of the molecule is CCOC1CC(=O)N(c2cc(Cl)cc(Cl)c2)C1=O. The minimum Gasteiger partial charge on any atom is -0.368 e. The van der Waals surface area contributed by atoms with Gasteiger partial charge in [0.1, 0.15) is 6.10 Å². The van der Waals surface area contributed by atoms with Crippen LogP contribution in [0, 0.1) is 0 Å². The predicted molar refractivity (Wildman–Crippen MR) is 69.0 cm³/mol. The number of ether oxygens (including phenoxy) is 1. The Bertz CT molecular complexity index is 484. The van der Waals surface area contributed by atoms with Gasteiger partial charge in [0.25, 0.3) is 5.91 Å². The number of benzene rings is 1. The van der Waals surface area contributed by atoms with Crippen molar-refractivity contribution in [2.24, 2.45) is 0 Å². The average molecular weight is 288 g/mol. The van der Waals surface area contributed by atoms with Crippen molar-refractivity contribution in [1.29, 1.82) is 0 Å². The van der Waals surface area contributed by atoms with E-state index in [2.05, 4.69) is 0 Å². The van der Waals surface area contributed by atoms with Gasteiger partial charge in [0.15, 0.2) is 0 Å². The number of halogens is 2. The molecule has 0 saturated carbocycles. The van der Waals surface area contributed by atoms with Crippen LogP contribution in [0.4, 0.5) is 5.69 Å². The molecular weight excluding hydrogens is 277 g/mol. The summed E-state index contributed by atoms with van der Waals surface area (Å²) in [5, 5.41) is 0.746. The van der Waals surface area contributed by atoms with Gasteiger partial charge in [0, 0.05) is 16.7 Å². The van der Waals surface area contributed by atoms with Crippen molar-refractivity contribution in [3.63, 3.8) is 0 Å². The number of carbonyl (C=O) groups excluding carboxylic acids is 2. The van der Waals surface area contributed by atoms with E-state index >= 15 is 0 Å². The van der Waals surface area contributed by atoms with E-state index in [1.807, 2.05) is 0 Å². The summed E-state index contributed by atoms with van der Waals surface area (Å²) in [6, 6.07) is 4.59. The molecule has 1 fully saturated rings. The minimum atomic E-state index is -0.708. The third kappa shape index (κ3) is 2.51. The van der Waals surface area contributed by atoms with Crippen LogP contribution >= 0.6 is 23.2 Å². The molecule has 96 valence electrons. The molecule has 1 atom stereocenters. The minimum absolute atomic E-state index is 0.0524. The number of nitrogens with zero attached hydrogens (tertiary/aromatic N) is 1. The molecule has 6 heteroatoms. The van der Waals surface area contributed by atoms with E-state index in [1.165, 1.54) is 18.2 Å². The molecule has 0 aliphatic carbocycles. The van der Waals surface area contributed by atoms with Crippen molar-refractivity contribution < 1.29 is 14.3 Å². The van der Waals surface area contributed by atoms with Gasteiger partial charge in [-0.25, -0.2) is 4.90 Å². The maximum absolute atomic E-state index is 12.0. The highest BCUT2D eigenvalue weighted by atomic mass is 35.5. The van der Waals surface area contributed by atoms with Crippen molar-refractivity contribution in [2.45, 2.75) is 19.4 Å². The lowest BCUT2D eigenvalue weighted by atomic mass is 10.3. The van der Waals surface area contributed by atoms with Gasteiger partial charge in [-0.2, -0.15) is 0 Å². The number of carbonyl (C=O) groups is 2. The zero-order valence-corrected chi connectivity index (χ0v) is 11.2. The zero-order valence-electron chi connectivity index (χ0n) is 9.65. The van der Waals surface area contributed by atoms with E-state index in [1.54, 1.807) is 6.92 Å². The second kappa shape index (κ2) is 5.26. The second-order valence-electron chi connectivity index (χ2n) is 3.84. The predicted octanol–water partition coefficient (Wildman–Crippen LogP) is 2.66. The second-order valence-corrected chi connectivity index (χ2v) is 4.72. The van der Waals surface area contributed by atoms with Crippen molar-refractivity contribution in [3.05, 3.63) is 28.2 Å². The molecule has 1 aromatic carbocycles. The molecular formula is C12H11Cl2NO3. The summed E-state index contributed by atoms with van der Waals surface area (Å²) in [6.07, 6.45) is -0.656. The summed E-state index contributed by atoms with van der Waals surface area (Å²) in [4.78, 5) is 24.9. The smallest absolute Gasteiger partial charge is 0.263 e. The molecule has 0 bridgehead atoms. The third-order valence-corrected chi connectivity index (χ3v) is 3.02. The van der Waals surface area contributed by atoms with Crippen LogP contribution in [-0.2, 0) is 14.3 Å². The summed E-state index contributed by atoms with van der Waals surface area (Å²) >= 11 is 11.7. The molecule has 1 aliphatic rings. The Morgan fingerprint density at radius 1 is 1.28 bits per heavy atom. The molecule has 1 aliphatic heterocycles. The molecule has 2 rings (SSSR count). The number of imide groups is 1. The van der Waals surface area contributed by atoms with Gasteiger partial charge in [-0.05, 0) is 25.1 Å². The Morgan fingerprint density at radius 3 is 2.44 bits per heavy atom. The first-order valence-electron chi connectivity index (χ1n) is 5.47. The zero-order chi connectivity index (χ0) is 13.3. The quantitative estimate of drug-likeness (QED) is 0.803. The average Bonchev–Trinajstić information content (AvgIpc) is 2.53. The van der Waals surface area contributed by atoms with E-state index in [4.69, 9.17) is 27.9 Å². The molecule has 0 N–H and O–H groups in total. The van der Waals surface area contributed by atoms with E-state index in [-0.39, 0.29) is 18.2 Å². The lowest BCUT2D eigenvalue weighted by molar-refractivity contribution is -0.126. The molecule has 1 saturated heterocycles. The monoisotopic (exact) mass is 287 g/mol. The first kappa shape index (κ1) is 13.3. The maximum atomic E-state index is 12.0. The van der Waals surface area contributed by atoms with Gasteiger partial charge in [-0.3, -0.25) is 9.59 Å². The van der Waals surface area contributed by atoms with Crippen molar-refractivity contribution in [3.8, 4) is 0 Å². The standard InChI is InChI=1S/C12H11Cl2NO3/c1-2-18-10-6-11(16)15(12(10)17)9-4-7(13)3-8(14)5-9/h3-5,10H,2,6H2,1H3. The summed E-state index contributed by atoms with van der Waals surface area (Å²) in [6.45, 7) is 2.16. The highest BCUT2D eigenvalue weighted by Crippen LogP contribution is 2.29. The first-order chi connectivity index (χ1) is 8.52. The Labute approximate surface area is 114 Å². The lowest BCUT2D eigenvalue weighted by Crippen LogP contribution is -2.32. The molecule has 0 radical (unpaired) electrons. The molecule has 2 amide bonds. The first-order valence-corrected chi connectivity index (χ1v) is 6.23. The highest BCUT2D eigenvalue weighted by molar-refractivity contribution is 6.35. The van der Waals surface area contributed by atoms with Crippen molar-refractivity contribution in [1.82, 2.24) is 0 Å². The van der Waals surface area contributed by atoms with Crippen LogP contribution in [0.1, 0.15) is 13.3 Å². The van der Waals surface area contributed by atoms with Crippen LogP contribution in [0.15, 0.2) is 18.2 Å². The van der Waals surface area contributed by atoms with Gasteiger partial charge in [0.2, 0.25) is 5.91 Å². The van der Waals surface area contributed by atoms with Crippen LogP contribution in [0.3, 0.4) is 0 Å². The van der Waals surface area contributed by atoms with Crippen LogP contribution < -0.4 is 4.90 Å². The third-order valence-electron chi connectivity index (χ3n) is 2.58. The fraction of sp³-hybridized carbons (Fsp3) is 0.333. The number of amides is 2. The lowest BCUT2D eigenvalue weighted by Gasteiger charge is -2.15. The van der Waals surface area contributed by atoms with E-state index in [9.17, 15) is 9.59 Å². The fourth-order valence-electron chi connectivity index (χ4n) is 1.88. The number of hydrogen-bond donors (Lipinski definition) is 0. The van der Waals surface area contributed by atoms with E-state index in [0.29, 0.717) is 22.3 Å². The van der Waals surface area contributed by atoms with Crippen molar-refractivity contribution in [2.75, 3.05) is 11.5 Å². The molecule has 4 nitrogen and oxygen atoms in total. The summed E-state index contributed by atoms with van der Waals surface area (Å²) < 4.78 is 5.22. The van der Waals surface area contributed by atoms with Crippen molar-refractivity contribution >= 4 is 40.7 Å². The topological polar surface area (TPSA) is 46.6 Å². The maximum Gasteiger partial charge on any atom is 0.263 e. The van der Waals surface area contributed by atoms with Gasteiger partial charge >= 0.3 is 0 Å². The van der Waals surface area contributed by atoms with Crippen LogP contribution in [0.25, 0.3) is 0 Å². The van der Waals surface area contributed by atoms with Gasteiger partial charge < -0.3 is 4.74 Å². The highest BCUT2D eigenvalue weighted by Gasteiger charge is 2.40. The number of hydrogen-bond acceptors (Lipinski definition) is 3. The van der Waals surface area contributed by atoms with E-state index in [0.717, 1.165) is 4.90 Å². The molecule has 1 aromatic rings. The largest absolute Gasteiger partial charge is 0.368 e. The molecule has 0 aromatic heterocycles. The normalized spacial score (nSPS) is 19.7. The molecule has 1 heterocycles. The fourth-order valence-corrected chi connectivity index (χ4v) is 2.39. The summed E-state index contributed by atoms with van der Waals surface area (Å²) in [5.74, 6) is -0.683. The van der Waals surface area contributed by atoms with Gasteiger partial charge in [0.05, 0.1) is 12.1 Å².